The number of anilines is 1. The molecule has 0 saturated carbocycles. The van der Waals surface area contributed by atoms with Crippen molar-refractivity contribution in [2.75, 3.05) is 25.1 Å². The number of carbonyl (C=O) groups excluding carboxylic acids is 1. The largest absolute Gasteiger partial charge is 0.491 e. The minimum Gasteiger partial charge on any atom is -0.491 e. The SMILES string of the molecule is CCOCCOc1ccc2c(c1)NC(=O)CC2c1sccc1C. The molecule has 1 aromatic carbocycles. The van der Waals surface area contributed by atoms with Crippen molar-refractivity contribution in [2.45, 2.75) is 26.2 Å². The van der Waals surface area contributed by atoms with Crippen LogP contribution in [0.4, 0.5) is 5.69 Å². The van der Waals surface area contributed by atoms with E-state index in [1.807, 2.05) is 19.1 Å². The second-order valence-corrected chi connectivity index (χ2v) is 6.51. The van der Waals surface area contributed by atoms with Gasteiger partial charge in [0.1, 0.15) is 12.4 Å². The summed E-state index contributed by atoms with van der Waals surface area (Å²) >= 11 is 1.72. The quantitative estimate of drug-likeness (QED) is 0.816. The third-order valence-corrected chi connectivity index (χ3v) is 5.12. The fourth-order valence-corrected chi connectivity index (χ4v) is 3.92. The first-order chi connectivity index (χ1) is 11.2. The molecule has 1 aliphatic heterocycles. The summed E-state index contributed by atoms with van der Waals surface area (Å²) in [5.41, 5.74) is 3.26. The van der Waals surface area contributed by atoms with Crippen LogP contribution in [0.2, 0.25) is 0 Å². The van der Waals surface area contributed by atoms with E-state index < -0.39 is 0 Å². The van der Waals surface area contributed by atoms with Gasteiger partial charge in [-0.3, -0.25) is 4.79 Å². The number of ether oxygens (including phenoxy) is 2. The second-order valence-electron chi connectivity index (χ2n) is 5.57. The van der Waals surface area contributed by atoms with E-state index in [0.29, 0.717) is 26.2 Å². The van der Waals surface area contributed by atoms with Crippen molar-refractivity contribution in [3.8, 4) is 5.75 Å². The predicted octanol–water partition coefficient (Wildman–Crippen LogP) is 3.95. The van der Waals surface area contributed by atoms with Crippen LogP contribution in [0.15, 0.2) is 29.6 Å². The molecule has 23 heavy (non-hydrogen) atoms. The molecule has 1 aromatic heterocycles. The summed E-state index contributed by atoms with van der Waals surface area (Å²) < 4.78 is 11.0. The third kappa shape index (κ3) is 3.57. The minimum atomic E-state index is 0.0572. The number of amides is 1. The number of benzene rings is 1. The summed E-state index contributed by atoms with van der Waals surface area (Å²) in [6.45, 7) is 5.82. The fraction of sp³-hybridized carbons (Fsp3) is 0.389. The van der Waals surface area contributed by atoms with Crippen LogP contribution in [0, 0.1) is 6.92 Å². The van der Waals surface area contributed by atoms with E-state index in [1.54, 1.807) is 11.3 Å². The summed E-state index contributed by atoms with van der Waals surface area (Å²) in [5, 5.41) is 5.05. The molecule has 2 aromatic rings. The van der Waals surface area contributed by atoms with E-state index in [9.17, 15) is 4.79 Å². The minimum absolute atomic E-state index is 0.0572. The Balaban J connectivity index is 1.82. The average Bonchev–Trinajstić information content (AvgIpc) is 2.96. The summed E-state index contributed by atoms with van der Waals surface area (Å²) in [5.74, 6) is 0.949. The highest BCUT2D eigenvalue weighted by molar-refractivity contribution is 7.10. The number of fused-ring (bicyclic) bond motifs is 1. The number of thiophene rings is 1. The zero-order valence-corrected chi connectivity index (χ0v) is 14.2. The van der Waals surface area contributed by atoms with Crippen molar-refractivity contribution >= 4 is 22.9 Å². The molecular weight excluding hydrogens is 310 g/mol. The van der Waals surface area contributed by atoms with Crippen molar-refractivity contribution in [2.24, 2.45) is 0 Å². The number of rotatable bonds is 6. The van der Waals surface area contributed by atoms with Gasteiger partial charge in [0.2, 0.25) is 5.91 Å². The molecule has 4 nitrogen and oxygen atoms in total. The maximum Gasteiger partial charge on any atom is 0.225 e. The molecule has 0 radical (unpaired) electrons. The van der Waals surface area contributed by atoms with Crippen molar-refractivity contribution in [3.63, 3.8) is 0 Å². The third-order valence-electron chi connectivity index (χ3n) is 3.98. The van der Waals surface area contributed by atoms with Gasteiger partial charge < -0.3 is 14.8 Å². The lowest BCUT2D eigenvalue weighted by atomic mass is 9.88. The second kappa shape index (κ2) is 7.15. The van der Waals surface area contributed by atoms with Crippen LogP contribution in [0.1, 0.15) is 35.3 Å². The Hall–Kier alpha value is -1.85. The van der Waals surface area contributed by atoms with Crippen LogP contribution in [-0.2, 0) is 9.53 Å². The first-order valence-corrected chi connectivity index (χ1v) is 8.75. The molecule has 1 unspecified atom stereocenters. The van der Waals surface area contributed by atoms with Gasteiger partial charge >= 0.3 is 0 Å². The molecule has 5 heteroatoms. The average molecular weight is 331 g/mol. The molecule has 1 amide bonds. The first-order valence-electron chi connectivity index (χ1n) is 7.87. The molecule has 0 saturated heterocycles. The maximum atomic E-state index is 12.1. The zero-order chi connectivity index (χ0) is 16.2. The highest BCUT2D eigenvalue weighted by atomic mass is 32.1. The fourth-order valence-electron chi connectivity index (χ4n) is 2.87. The summed E-state index contributed by atoms with van der Waals surface area (Å²) in [6.07, 6.45) is 0.499. The van der Waals surface area contributed by atoms with Crippen molar-refractivity contribution in [1.29, 1.82) is 0 Å². The molecule has 2 heterocycles. The number of carbonyl (C=O) groups is 1. The van der Waals surface area contributed by atoms with Gasteiger partial charge in [-0.15, -0.1) is 11.3 Å². The van der Waals surface area contributed by atoms with Crippen molar-refractivity contribution in [3.05, 3.63) is 45.6 Å². The van der Waals surface area contributed by atoms with Gasteiger partial charge in [0.15, 0.2) is 0 Å². The van der Waals surface area contributed by atoms with Crippen LogP contribution >= 0.6 is 11.3 Å². The number of hydrogen-bond acceptors (Lipinski definition) is 4. The molecule has 0 fully saturated rings. The highest BCUT2D eigenvalue weighted by Crippen LogP contribution is 2.41. The van der Waals surface area contributed by atoms with Crippen LogP contribution in [0.25, 0.3) is 0 Å². The molecule has 1 N–H and O–H groups in total. The van der Waals surface area contributed by atoms with Gasteiger partial charge in [-0.25, -0.2) is 0 Å². The Morgan fingerprint density at radius 2 is 2.17 bits per heavy atom. The topological polar surface area (TPSA) is 47.6 Å². The number of aryl methyl sites for hydroxylation is 1. The van der Waals surface area contributed by atoms with Gasteiger partial charge in [0.05, 0.1) is 6.61 Å². The van der Waals surface area contributed by atoms with Crippen LogP contribution in [0.5, 0.6) is 5.75 Å². The van der Waals surface area contributed by atoms with Gasteiger partial charge in [0, 0.05) is 35.6 Å². The van der Waals surface area contributed by atoms with Gasteiger partial charge in [-0.1, -0.05) is 6.07 Å². The van der Waals surface area contributed by atoms with Crippen LogP contribution in [-0.4, -0.2) is 25.7 Å². The molecule has 0 bridgehead atoms. The zero-order valence-electron chi connectivity index (χ0n) is 13.4. The Kier molecular flexibility index (Phi) is 4.98. The molecule has 1 atom stereocenters. The standard InChI is InChI=1S/C18H21NO3S/c1-3-21-7-8-22-13-4-5-14-15(18-12(2)6-9-23-18)11-17(20)19-16(14)10-13/h4-6,9-10,15H,3,7-8,11H2,1-2H3,(H,19,20). The van der Waals surface area contributed by atoms with E-state index in [1.165, 1.54) is 10.4 Å². The normalized spacial score (nSPS) is 16.8. The lowest BCUT2D eigenvalue weighted by Crippen LogP contribution is -2.23. The monoisotopic (exact) mass is 331 g/mol. The smallest absolute Gasteiger partial charge is 0.225 e. The molecule has 1 aliphatic rings. The maximum absolute atomic E-state index is 12.1. The van der Waals surface area contributed by atoms with Crippen LogP contribution in [0.3, 0.4) is 0 Å². The summed E-state index contributed by atoms with van der Waals surface area (Å²) in [4.78, 5) is 13.4. The lowest BCUT2D eigenvalue weighted by molar-refractivity contribution is -0.116. The van der Waals surface area contributed by atoms with Crippen molar-refractivity contribution < 1.29 is 14.3 Å². The van der Waals surface area contributed by atoms with E-state index in [2.05, 4.69) is 29.8 Å². The first kappa shape index (κ1) is 16.0. The Labute approximate surface area is 140 Å². The molecule has 0 aliphatic carbocycles. The van der Waals surface area contributed by atoms with Gasteiger partial charge in [-0.2, -0.15) is 0 Å². The lowest BCUT2D eigenvalue weighted by Gasteiger charge is -2.26. The Morgan fingerprint density at radius 3 is 2.91 bits per heavy atom. The van der Waals surface area contributed by atoms with Crippen molar-refractivity contribution in [1.82, 2.24) is 0 Å². The highest BCUT2D eigenvalue weighted by Gasteiger charge is 2.28. The van der Waals surface area contributed by atoms with E-state index in [-0.39, 0.29) is 11.8 Å². The Bertz CT molecular complexity index is 695. The summed E-state index contributed by atoms with van der Waals surface area (Å²) in [7, 11) is 0. The van der Waals surface area contributed by atoms with E-state index in [4.69, 9.17) is 9.47 Å². The Morgan fingerprint density at radius 1 is 1.30 bits per heavy atom. The van der Waals surface area contributed by atoms with E-state index >= 15 is 0 Å². The molecular formula is C18H21NO3S. The summed E-state index contributed by atoms with van der Waals surface area (Å²) in [6, 6.07) is 8.05. The van der Waals surface area contributed by atoms with E-state index in [0.717, 1.165) is 17.0 Å². The molecule has 3 rings (SSSR count). The van der Waals surface area contributed by atoms with Gasteiger partial charge in [0.25, 0.3) is 0 Å². The number of hydrogen-bond donors (Lipinski definition) is 1. The number of nitrogens with one attached hydrogen (secondary N) is 1. The predicted molar refractivity (Wildman–Crippen MR) is 92.6 cm³/mol. The van der Waals surface area contributed by atoms with Gasteiger partial charge in [-0.05, 0) is 42.5 Å². The molecule has 122 valence electrons. The molecule has 0 spiro atoms. The van der Waals surface area contributed by atoms with Crippen LogP contribution < -0.4 is 10.1 Å².